The van der Waals surface area contributed by atoms with Crippen LogP contribution in [0.25, 0.3) is 56.3 Å². The quantitative estimate of drug-likeness (QED) is 0.184. The van der Waals surface area contributed by atoms with Crippen LogP contribution in [-0.4, -0.2) is 20.3 Å². The summed E-state index contributed by atoms with van der Waals surface area (Å²) in [7, 11) is 0. The van der Waals surface area contributed by atoms with Gasteiger partial charge >= 0.3 is 0 Å². The third-order valence-electron chi connectivity index (χ3n) is 7.72. The molecule has 4 nitrogen and oxygen atoms in total. The van der Waals surface area contributed by atoms with E-state index in [9.17, 15) is 0 Å². The molecule has 0 radical (unpaired) electrons. The van der Waals surface area contributed by atoms with Crippen LogP contribution in [-0.2, 0) is 0 Å². The Kier molecular flexibility index (Phi) is 7.52. The average molecular weight is 547 g/mol. The SMILES string of the molecule is CC=Cc1c(C)n(-c2cccc(-c3ccc(-n4c(C(C)=CN=CC)ccc4-c4cccnc4)cc3)c2)c2ccccc12. The number of benzene rings is 3. The summed E-state index contributed by atoms with van der Waals surface area (Å²) < 4.78 is 4.65. The lowest BCUT2D eigenvalue weighted by Gasteiger charge is -2.15. The molecule has 3 aromatic carbocycles. The minimum absolute atomic E-state index is 1.07. The van der Waals surface area contributed by atoms with Crippen molar-refractivity contribution in [3.8, 4) is 33.8 Å². The normalized spacial score (nSPS) is 12.2. The van der Waals surface area contributed by atoms with E-state index in [2.05, 4.69) is 143 Å². The van der Waals surface area contributed by atoms with E-state index in [-0.39, 0.29) is 0 Å². The zero-order chi connectivity index (χ0) is 29.1. The highest BCUT2D eigenvalue weighted by Crippen LogP contribution is 2.34. The Balaban J connectivity index is 1.42. The zero-order valence-corrected chi connectivity index (χ0v) is 24.5. The zero-order valence-electron chi connectivity index (χ0n) is 24.5. The number of pyridine rings is 1. The first-order valence-corrected chi connectivity index (χ1v) is 14.3. The van der Waals surface area contributed by atoms with Crippen molar-refractivity contribution in [2.75, 3.05) is 0 Å². The van der Waals surface area contributed by atoms with Gasteiger partial charge in [0, 0.05) is 58.4 Å². The molecule has 3 heterocycles. The van der Waals surface area contributed by atoms with Crippen molar-refractivity contribution >= 4 is 28.8 Å². The van der Waals surface area contributed by atoms with Crippen molar-refractivity contribution in [1.29, 1.82) is 0 Å². The molecular weight excluding hydrogens is 512 g/mol. The molecule has 0 atom stereocenters. The highest BCUT2D eigenvalue weighted by atomic mass is 15.0. The summed E-state index contributed by atoms with van der Waals surface area (Å²) in [6.45, 7) is 8.30. The topological polar surface area (TPSA) is 35.1 Å². The van der Waals surface area contributed by atoms with Crippen molar-refractivity contribution in [3.63, 3.8) is 0 Å². The predicted molar refractivity (Wildman–Crippen MR) is 179 cm³/mol. The van der Waals surface area contributed by atoms with Crippen molar-refractivity contribution in [3.05, 3.63) is 139 Å². The number of aliphatic imine (C=N–C) groups is 1. The number of rotatable bonds is 7. The Morgan fingerprint density at radius 3 is 2.33 bits per heavy atom. The Hall–Kier alpha value is -5.22. The number of aromatic nitrogens is 3. The molecular formula is C38H34N4. The fourth-order valence-electron chi connectivity index (χ4n) is 5.74. The smallest absolute Gasteiger partial charge is 0.0550 e. The second-order valence-corrected chi connectivity index (χ2v) is 10.3. The summed E-state index contributed by atoms with van der Waals surface area (Å²) in [6.07, 6.45) is 11.8. The lowest BCUT2D eigenvalue weighted by atomic mass is 10.0. The van der Waals surface area contributed by atoms with E-state index in [0.29, 0.717) is 0 Å². The van der Waals surface area contributed by atoms with Gasteiger partial charge in [-0.25, -0.2) is 0 Å². The van der Waals surface area contributed by atoms with Crippen LogP contribution >= 0.6 is 0 Å². The van der Waals surface area contributed by atoms with Crippen LogP contribution in [0.15, 0.2) is 127 Å². The van der Waals surface area contributed by atoms with Gasteiger partial charge in [-0.15, -0.1) is 0 Å². The van der Waals surface area contributed by atoms with Gasteiger partial charge in [-0.05, 0) is 99.0 Å². The maximum Gasteiger partial charge on any atom is 0.0550 e. The molecule has 6 rings (SSSR count). The van der Waals surface area contributed by atoms with Crippen LogP contribution < -0.4 is 0 Å². The standard InChI is InChI=1S/C38H34N4/c1-5-11-34-28(4)41(38-16-8-7-15-35(34)38)33-14-9-12-30(24-33)29-17-19-32(20-18-29)42-36(27(3)25-39-6-2)21-22-37(42)31-13-10-23-40-26-31/h5-26H,1-4H3. The van der Waals surface area contributed by atoms with E-state index >= 15 is 0 Å². The first kappa shape index (κ1) is 27.0. The number of nitrogens with zero attached hydrogens (tertiary/aromatic N) is 4. The van der Waals surface area contributed by atoms with Gasteiger partial charge in [-0.2, -0.15) is 0 Å². The van der Waals surface area contributed by atoms with Gasteiger partial charge in [-0.3, -0.25) is 9.98 Å². The van der Waals surface area contributed by atoms with Gasteiger partial charge in [-0.1, -0.05) is 54.6 Å². The van der Waals surface area contributed by atoms with Crippen molar-refractivity contribution in [1.82, 2.24) is 14.1 Å². The minimum atomic E-state index is 1.07. The second kappa shape index (κ2) is 11.7. The van der Waals surface area contributed by atoms with Crippen molar-refractivity contribution in [2.45, 2.75) is 27.7 Å². The summed E-state index contributed by atoms with van der Waals surface area (Å²) in [5, 5.41) is 1.27. The largest absolute Gasteiger partial charge is 0.313 e. The van der Waals surface area contributed by atoms with Gasteiger partial charge in [0.1, 0.15) is 0 Å². The lowest BCUT2D eigenvalue weighted by Crippen LogP contribution is -2.01. The fraction of sp³-hybridized carbons (Fsp3) is 0.105. The molecule has 0 aliphatic rings. The highest BCUT2D eigenvalue weighted by molar-refractivity contribution is 5.93. The molecule has 0 saturated heterocycles. The van der Waals surface area contributed by atoms with E-state index in [1.165, 1.54) is 33.3 Å². The molecule has 0 spiro atoms. The summed E-state index contributed by atoms with van der Waals surface area (Å²) >= 11 is 0. The minimum Gasteiger partial charge on any atom is -0.313 e. The molecule has 0 saturated carbocycles. The Morgan fingerprint density at radius 1 is 0.762 bits per heavy atom. The molecule has 6 aromatic rings. The second-order valence-electron chi connectivity index (χ2n) is 10.3. The summed E-state index contributed by atoms with van der Waals surface area (Å²) in [6, 6.07) is 34.6. The molecule has 0 unspecified atom stereocenters. The third kappa shape index (κ3) is 4.92. The summed E-state index contributed by atoms with van der Waals surface area (Å²) in [5.41, 5.74) is 12.7. The predicted octanol–water partition coefficient (Wildman–Crippen LogP) is 9.94. The maximum absolute atomic E-state index is 4.37. The Bertz CT molecular complexity index is 1950. The van der Waals surface area contributed by atoms with E-state index in [1.54, 1.807) is 12.4 Å². The maximum atomic E-state index is 4.37. The molecule has 0 N–H and O–H groups in total. The number of fused-ring (bicyclic) bond motifs is 1. The number of para-hydroxylation sites is 1. The number of allylic oxidation sites excluding steroid dienone is 2. The molecule has 0 bridgehead atoms. The molecule has 0 aliphatic carbocycles. The highest BCUT2D eigenvalue weighted by Gasteiger charge is 2.15. The summed E-state index contributed by atoms with van der Waals surface area (Å²) in [4.78, 5) is 8.74. The van der Waals surface area contributed by atoms with Gasteiger partial charge in [0.05, 0.1) is 16.9 Å². The average Bonchev–Trinajstić information content (AvgIpc) is 3.60. The van der Waals surface area contributed by atoms with Crippen LogP contribution in [0.1, 0.15) is 37.7 Å². The van der Waals surface area contributed by atoms with Gasteiger partial charge in [0.25, 0.3) is 0 Å². The first-order valence-electron chi connectivity index (χ1n) is 14.3. The van der Waals surface area contributed by atoms with Crippen LogP contribution in [0, 0.1) is 6.92 Å². The van der Waals surface area contributed by atoms with Crippen LogP contribution in [0.4, 0.5) is 0 Å². The molecule has 0 aliphatic heterocycles. The molecule has 42 heavy (non-hydrogen) atoms. The number of hydrogen-bond acceptors (Lipinski definition) is 2. The van der Waals surface area contributed by atoms with Gasteiger partial charge in [0.15, 0.2) is 0 Å². The molecule has 4 heteroatoms. The molecule has 3 aromatic heterocycles. The first-order chi connectivity index (χ1) is 20.6. The van der Waals surface area contributed by atoms with Crippen LogP contribution in [0.3, 0.4) is 0 Å². The Labute approximate surface area is 247 Å². The Morgan fingerprint density at radius 2 is 1.57 bits per heavy atom. The third-order valence-corrected chi connectivity index (χ3v) is 7.72. The van der Waals surface area contributed by atoms with Crippen molar-refractivity contribution < 1.29 is 0 Å². The molecule has 206 valence electrons. The molecule has 0 fully saturated rings. The van der Waals surface area contributed by atoms with Crippen LogP contribution in [0.5, 0.6) is 0 Å². The van der Waals surface area contributed by atoms with Gasteiger partial charge in [0.2, 0.25) is 0 Å². The van der Waals surface area contributed by atoms with Crippen molar-refractivity contribution in [2.24, 2.45) is 4.99 Å². The number of hydrogen-bond donors (Lipinski definition) is 0. The van der Waals surface area contributed by atoms with E-state index < -0.39 is 0 Å². The summed E-state index contributed by atoms with van der Waals surface area (Å²) in [5.74, 6) is 0. The van der Waals surface area contributed by atoms with Gasteiger partial charge < -0.3 is 9.13 Å². The van der Waals surface area contributed by atoms with E-state index in [4.69, 9.17) is 0 Å². The monoisotopic (exact) mass is 546 g/mol. The van der Waals surface area contributed by atoms with E-state index in [0.717, 1.165) is 33.9 Å². The lowest BCUT2D eigenvalue weighted by molar-refractivity contribution is 1.05. The fourth-order valence-corrected chi connectivity index (χ4v) is 5.74. The molecule has 0 amide bonds. The van der Waals surface area contributed by atoms with Crippen LogP contribution in [0.2, 0.25) is 0 Å². The van der Waals surface area contributed by atoms with E-state index in [1.807, 2.05) is 25.4 Å².